The van der Waals surface area contributed by atoms with Crippen molar-refractivity contribution in [2.45, 2.75) is 32.6 Å². The van der Waals surface area contributed by atoms with Gasteiger partial charge in [0.15, 0.2) is 0 Å². The van der Waals surface area contributed by atoms with Gasteiger partial charge in [0, 0.05) is 12.1 Å². The molecule has 1 fully saturated rings. The minimum absolute atomic E-state index is 0.000835. The van der Waals surface area contributed by atoms with E-state index < -0.39 is 0 Å². The molecule has 1 aliphatic rings. The van der Waals surface area contributed by atoms with Gasteiger partial charge < -0.3 is 11.1 Å². The molecule has 0 bridgehead atoms. The van der Waals surface area contributed by atoms with Crippen molar-refractivity contribution < 1.29 is 9.18 Å². The maximum Gasteiger partial charge on any atom is 0.224 e. The molecule has 1 aromatic carbocycles. The molecule has 1 aliphatic carbocycles. The van der Waals surface area contributed by atoms with Crippen molar-refractivity contribution in [3.8, 4) is 0 Å². The van der Waals surface area contributed by atoms with E-state index >= 15 is 0 Å². The van der Waals surface area contributed by atoms with Crippen LogP contribution in [0.5, 0.6) is 0 Å². The predicted octanol–water partition coefficient (Wildman–Crippen LogP) is 2.59. The van der Waals surface area contributed by atoms with Gasteiger partial charge in [-0.15, -0.1) is 0 Å². The molecule has 0 spiro atoms. The van der Waals surface area contributed by atoms with E-state index in [1.807, 2.05) is 0 Å². The smallest absolute Gasteiger partial charge is 0.224 e. The molecule has 0 atom stereocenters. The number of aryl methyl sites for hydroxylation is 1. The average Bonchev–Trinajstić information content (AvgIpc) is 2.29. The third-order valence-electron chi connectivity index (χ3n) is 3.82. The standard InChI is InChI=1S/C14H19FN2O/c1-10-7-11(3-4-12(10)15)17-13(18)8-14(9-16)5-2-6-14/h3-4,7H,2,5-6,8-9,16H2,1H3,(H,17,18). The number of anilines is 1. The van der Waals surface area contributed by atoms with E-state index in [0.29, 0.717) is 24.2 Å². The fourth-order valence-corrected chi connectivity index (χ4v) is 2.40. The van der Waals surface area contributed by atoms with Gasteiger partial charge in [0.25, 0.3) is 0 Å². The normalized spacial score (nSPS) is 17.1. The van der Waals surface area contributed by atoms with Gasteiger partial charge in [0.1, 0.15) is 5.82 Å². The van der Waals surface area contributed by atoms with E-state index in [4.69, 9.17) is 5.73 Å². The lowest BCUT2D eigenvalue weighted by molar-refractivity contribution is -0.119. The van der Waals surface area contributed by atoms with Crippen LogP contribution in [-0.2, 0) is 4.79 Å². The number of benzene rings is 1. The monoisotopic (exact) mass is 250 g/mol. The summed E-state index contributed by atoms with van der Waals surface area (Å²) < 4.78 is 13.1. The van der Waals surface area contributed by atoms with Crippen LogP contribution in [-0.4, -0.2) is 12.5 Å². The number of rotatable bonds is 4. The number of nitrogens with two attached hydrogens (primary N) is 1. The van der Waals surface area contributed by atoms with E-state index in [0.717, 1.165) is 19.3 Å². The highest BCUT2D eigenvalue weighted by Crippen LogP contribution is 2.43. The second-order valence-electron chi connectivity index (χ2n) is 5.25. The molecular weight excluding hydrogens is 231 g/mol. The summed E-state index contributed by atoms with van der Waals surface area (Å²) in [5, 5.41) is 2.81. The number of hydrogen-bond acceptors (Lipinski definition) is 2. The molecule has 3 nitrogen and oxygen atoms in total. The predicted molar refractivity (Wildman–Crippen MR) is 69.7 cm³/mol. The first-order chi connectivity index (χ1) is 8.54. The van der Waals surface area contributed by atoms with Crippen LogP contribution in [0.25, 0.3) is 0 Å². The van der Waals surface area contributed by atoms with Gasteiger partial charge in [-0.1, -0.05) is 6.42 Å². The largest absolute Gasteiger partial charge is 0.330 e. The second kappa shape index (κ2) is 5.06. The Morgan fingerprint density at radius 3 is 2.72 bits per heavy atom. The maximum absolute atomic E-state index is 13.1. The summed E-state index contributed by atoms with van der Waals surface area (Å²) in [4.78, 5) is 11.9. The zero-order chi connectivity index (χ0) is 13.2. The highest BCUT2D eigenvalue weighted by Gasteiger charge is 2.37. The van der Waals surface area contributed by atoms with E-state index in [1.165, 1.54) is 6.07 Å². The van der Waals surface area contributed by atoms with Crippen LogP contribution in [0.4, 0.5) is 10.1 Å². The molecule has 0 unspecified atom stereocenters. The third kappa shape index (κ3) is 2.70. The number of halogens is 1. The van der Waals surface area contributed by atoms with Gasteiger partial charge in [-0.3, -0.25) is 4.79 Å². The van der Waals surface area contributed by atoms with Crippen molar-refractivity contribution in [2.75, 3.05) is 11.9 Å². The van der Waals surface area contributed by atoms with Gasteiger partial charge >= 0.3 is 0 Å². The molecule has 18 heavy (non-hydrogen) atoms. The van der Waals surface area contributed by atoms with E-state index in [1.54, 1.807) is 19.1 Å². The highest BCUT2D eigenvalue weighted by atomic mass is 19.1. The number of carbonyl (C=O) groups is 1. The average molecular weight is 250 g/mol. The summed E-state index contributed by atoms with van der Waals surface area (Å²) in [7, 11) is 0. The maximum atomic E-state index is 13.1. The Labute approximate surface area is 107 Å². The Morgan fingerprint density at radius 2 is 2.22 bits per heavy atom. The Bertz CT molecular complexity index is 450. The van der Waals surface area contributed by atoms with Crippen molar-refractivity contribution in [2.24, 2.45) is 11.1 Å². The molecule has 0 radical (unpaired) electrons. The van der Waals surface area contributed by atoms with Crippen LogP contribution in [0.15, 0.2) is 18.2 Å². The molecule has 1 aromatic rings. The first kappa shape index (κ1) is 13.0. The molecule has 2 rings (SSSR count). The Morgan fingerprint density at radius 1 is 1.50 bits per heavy atom. The SMILES string of the molecule is Cc1cc(NC(=O)CC2(CN)CCC2)ccc1F. The molecule has 1 amide bonds. The van der Waals surface area contributed by atoms with Crippen molar-refractivity contribution >= 4 is 11.6 Å². The van der Waals surface area contributed by atoms with E-state index in [2.05, 4.69) is 5.32 Å². The summed E-state index contributed by atoms with van der Waals surface area (Å²) in [5.74, 6) is -0.295. The van der Waals surface area contributed by atoms with Crippen LogP contribution >= 0.6 is 0 Å². The van der Waals surface area contributed by atoms with Gasteiger partial charge in [-0.25, -0.2) is 4.39 Å². The summed E-state index contributed by atoms with van der Waals surface area (Å²) in [6.45, 7) is 2.24. The lowest BCUT2D eigenvalue weighted by atomic mass is 9.66. The zero-order valence-corrected chi connectivity index (χ0v) is 10.6. The van der Waals surface area contributed by atoms with E-state index in [9.17, 15) is 9.18 Å². The number of hydrogen-bond donors (Lipinski definition) is 2. The summed E-state index contributed by atoms with van der Waals surface area (Å²) >= 11 is 0. The second-order valence-corrected chi connectivity index (χ2v) is 5.25. The van der Waals surface area contributed by atoms with Gasteiger partial charge in [-0.05, 0) is 55.5 Å². The van der Waals surface area contributed by atoms with Crippen molar-refractivity contribution in [3.63, 3.8) is 0 Å². The number of nitrogens with one attached hydrogen (secondary N) is 1. The Hall–Kier alpha value is -1.42. The molecule has 0 heterocycles. The van der Waals surface area contributed by atoms with Crippen molar-refractivity contribution in [1.29, 1.82) is 0 Å². The van der Waals surface area contributed by atoms with Crippen LogP contribution < -0.4 is 11.1 Å². The number of amides is 1. The highest BCUT2D eigenvalue weighted by molar-refractivity contribution is 5.91. The van der Waals surface area contributed by atoms with Crippen LogP contribution in [0.2, 0.25) is 0 Å². The van der Waals surface area contributed by atoms with Crippen LogP contribution in [0, 0.1) is 18.2 Å². The fraction of sp³-hybridized carbons (Fsp3) is 0.500. The van der Waals surface area contributed by atoms with Gasteiger partial charge in [0.05, 0.1) is 0 Å². The molecule has 1 saturated carbocycles. The fourth-order valence-electron chi connectivity index (χ4n) is 2.40. The zero-order valence-electron chi connectivity index (χ0n) is 10.6. The van der Waals surface area contributed by atoms with Gasteiger partial charge in [-0.2, -0.15) is 0 Å². The topological polar surface area (TPSA) is 55.1 Å². The molecule has 0 saturated heterocycles. The lowest BCUT2D eigenvalue weighted by Crippen LogP contribution is -2.40. The minimum atomic E-state index is -0.259. The molecular formula is C14H19FN2O. The molecule has 0 aromatic heterocycles. The first-order valence-corrected chi connectivity index (χ1v) is 6.31. The van der Waals surface area contributed by atoms with E-state index in [-0.39, 0.29) is 17.1 Å². The van der Waals surface area contributed by atoms with Gasteiger partial charge in [0.2, 0.25) is 5.91 Å². The number of carbonyl (C=O) groups excluding carboxylic acids is 1. The summed E-state index contributed by atoms with van der Waals surface area (Å²) in [6, 6.07) is 4.59. The van der Waals surface area contributed by atoms with Crippen LogP contribution in [0.3, 0.4) is 0 Å². The first-order valence-electron chi connectivity index (χ1n) is 6.31. The van der Waals surface area contributed by atoms with Crippen molar-refractivity contribution in [1.82, 2.24) is 0 Å². The lowest BCUT2D eigenvalue weighted by Gasteiger charge is -2.40. The molecule has 4 heteroatoms. The van der Waals surface area contributed by atoms with Crippen LogP contribution in [0.1, 0.15) is 31.2 Å². The minimum Gasteiger partial charge on any atom is -0.330 e. The Kier molecular flexibility index (Phi) is 3.66. The summed E-state index contributed by atoms with van der Waals surface area (Å²) in [6.07, 6.45) is 3.67. The third-order valence-corrected chi connectivity index (χ3v) is 3.82. The molecule has 3 N–H and O–H groups in total. The Balaban J connectivity index is 1.96. The quantitative estimate of drug-likeness (QED) is 0.863. The molecule has 98 valence electrons. The molecule has 0 aliphatic heterocycles. The summed E-state index contributed by atoms with van der Waals surface area (Å²) in [5.41, 5.74) is 6.90. The van der Waals surface area contributed by atoms with Crippen molar-refractivity contribution in [3.05, 3.63) is 29.6 Å².